The summed E-state index contributed by atoms with van der Waals surface area (Å²) in [6, 6.07) is 0. The molecule has 0 rings (SSSR count). The van der Waals surface area contributed by atoms with Crippen molar-refractivity contribution in [2.75, 3.05) is 0 Å². The van der Waals surface area contributed by atoms with Crippen LogP contribution in [0.1, 0.15) is 13.8 Å². The highest BCUT2D eigenvalue weighted by Crippen LogP contribution is 1.39. The van der Waals surface area contributed by atoms with E-state index in [1.54, 1.807) is 0 Å². The van der Waals surface area contributed by atoms with Gasteiger partial charge >= 0.3 is 0 Å². The van der Waals surface area contributed by atoms with Crippen LogP contribution in [-0.2, 0) is 0 Å². The molecule has 0 unspecified atom stereocenters. The van der Waals surface area contributed by atoms with Crippen LogP contribution in [0.4, 0.5) is 0 Å². The Kier molecular flexibility index (Phi) is 26.3. The molecule has 0 radical (unpaired) electrons. The summed E-state index contributed by atoms with van der Waals surface area (Å²) in [6.45, 7) is 9.89. The molecule has 0 amide bonds. The molecule has 38 valence electrons. The van der Waals surface area contributed by atoms with Crippen LogP contribution in [-0.4, -0.2) is 0 Å². The molecular formula is C7H10. The van der Waals surface area contributed by atoms with Gasteiger partial charge < -0.3 is 0 Å². The predicted octanol–water partition coefficient (Wildman–Crippen LogP) is 1.99. The average Bonchev–Trinajstić information content (AvgIpc) is 1.69. The number of hydrogen-bond acceptors (Lipinski definition) is 0. The average molecular weight is 94.2 g/mol. The first-order valence-electron chi connectivity index (χ1n) is 1.96. The Balaban J connectivity index is 0. The molecule has 0 atom stereocenters. The second kappa shape index (κ2) is 19.5. The van der Waals surface area contributed by atoms with Crippen LogP contribution >= 0.6 is 0 Å². The molecule has 7 heavy (non-hydrogen) atoms. The normalized spacial score (nSPS) is 3.14. The summed E-state index contributed by atoms with van der Waals surface area (Å²) < 4.78 is 0. The van der Waals surface area contributed by atoms with Crippen LogP contribution < -0.4 is 0 Å². The van der Waals surface area contributed by atoms with Crippen molar-refractivity contribution in [2.24, 2.45) is 0 Å². The molecule has 0 saturated carbocycles. The fourth-order valence-electron chi connectivity index (χ4n) is 0. The molecule has 0 heteroatoms. The van der Waals surface area contributed by atoms with Gasteiger partial charge in [-0.2, -0.15) is 0 Å². The predicted molar refractivity (Wildman–Crippen MR) is 33.9 cm³/mol. The standard InChI is InChI=1S/C4H6.C3H4/c1-3-4-2;1-3-2/h1-2H3;1-2H2. The summed E-state index contributed by atoms with van der Waals surface area (Å²) in [6.07, 6.45) is 0. The van der Waals surface area contributed by atoms with E-state index in [2.05, 4.69) is 30.7 Å². The summed E-state index contributed by atoms with van der Waals surface area (Å²) in [7, 11) is 0. The van der Waals surface area contributed by atoms with E-state index in [1.165, 1.54) is 0 Å². The second-order valence-corrected chi connectivity index (χ2v) is 0.750. The molecule has 0 fully saturated rings. The maximum Gasteiger partial charge on any atom is -0.00271 e. The topological polar surface area (TPSA) is 0 Å². The number of hydrogen-bond donors (Lipinski definition) is 0. The molecule has 0 aromatic rings. The Morgan fingerprint density at radius 2 is 1.14 bits per heavy atom. The second-order valence-electron chi connectivity index (χ2n) is 0.750. The highest BCUT2D eigenvalue weighted by Gasteiger charge is 1.26. The summed E-state index contributed by atoms with van der Waals surface area (Å²) in [5.41, 5.74) is 2.25. The number of rotatable bonds is 0. The molecule has 0 aliphatic rings. The maximum atomic E-state index is 3.12. The first-order valence-corrected chi connectivity index (χ1v) is 1.96. The zero-order chi connectivity index (χ0) is 6.12. The van der Waals surface area contributed by atoms with Crippen molar-refractivity contribution < 1.29 is 0 Å². The van der Waals surface area contributed by atoms with Gasteiger partial charge in [0.05, 0.1) is 0 Å². The molecule has 0 spiro atoms. The minimum atomic E-state index is 1.82. The third kappa shape index (κ3) is 7530. The lowest BCUT2D eigenvalue weighted by atomic mass is 10.7. The van der Waals surface area contributed by atoms with E-state index >= 15 is 0 Å². The van der Waals surface area contributed by atoms with Gasteiger partial charge in [-0.05, 0) is 13.8 Å². The van der Waals surface area contributed by atoms with Crippen molar-refractivity contribution in [2.45, 2.75) is 13.8 Å². The molecule has 0 aliphatic carbocycles. The van der Waals surface area contributed by atoms with Gasteiger partial charge in [-0.15, -0.1) is 17.6 Å². The van der Waals surface area contributed by atoms with Gasteiger partial charge in [-0.1, -0.05) is 13.2 Å². The summed E-state index contributed by atoms with van der Waals surface area (Å²) in [4.78, 5) is 0. The van der Waals surface area contributed by atoms with Crippen molar-refractivity contribution >= 4 is 0 Å². The first kappa shape index (κ1) is 9.43. The van der Waals surface area contributed by atoms with E-state index in [9.17, 15) is 0 Å². The van der Waals surface area contributed by atoms with Crippen LogP contribution in [0.2, 0.25) is 0 Å². The molecule has 0 aliphatic heterocycles. The van der Waals surface area contributed by atoms with Gasteiger partial charge in [0.2, 0.25) is 0 Å². The van der Waals surface area contributed by atoms with Gasteiger partial charge in [0, 0.05) is 0 Å². The highest BCUT2D eigenvalue weighted by atomic mass is 13.3. The van der Waals surface area contributed by atoms with Crippen LogP contribution in [0.25, 0.3) is 0 Å². The van der Waals surface area contributed by atoms with Gasteiger partial charge in [0.1, 0.15) is 0 Å². The molecule has 0 N–H and O–H groups in total. The van der Waals surface area contributed by atoms with E-state index in [0.717, 1.165) is 0 Å². The molecule has 0 aromatic carbocycles. The SMILES string of the molecule is C=C=C.CC#CC. The Labute approximate surface area is 45.6 Å². The lowest BCUT2D eigenvalue weighted by molar-refractivity contribution is 1.83. The van der Waals surface area contributed by atoms with Crippen LogP contribution in [0.15, 0.2) is 18.9 Å². The Hall–Kier alpha value is -0.920. The Morgan fingerprint density at radius 3 is 1.14 bits per heavy atom. The third-order valence-electron chi connectivity index (χ3n) is 0.250. The van der Waals surface area contributed by atoms with Crippen LogP contribution in [0.3, 0.4) is 0 Å². The highest BCUT2D eigenvalue weighted by molar-refractivity contribution is 4.89. The van der Waals surface area contributed by atoms with Crippen LogP contribution in [0, 0.1) is 11.8 Å². The van der Waals surface area contributed by atoms with Crippen molar-refractivity contribution in [1.29, 1.82) is 0 Å². The molecule has 0 nitrogen and oxygen atoms in total. The van der Waals surface area contributed by atoms with Crippen LogP contribution in [0.5, 0.6) is 0 Å². The lowest BCUT2D eigenvalue weighted by Crippen LogP contribution is -1.28. The Bertz CT molecular complexity index is 86.9. The zero-order valence-corrected chi connectivity index (χ0v) is 4.91. The van der Waals surface area contributed by atoms with E-state index in [0.29, 0.717) is 0 Å². The van der Waals surface area contributed by atoms with Gasteiger partial charge in [0.15, 0.2) is 0 Å². The minimum absolute atomic E-state index is 1.82. The summed E-state index contributed by atoms with van der Waals surface area (Å²) in [5.74, 6) is 5.36. The fraction of sp³-hybridized carbons (Fsp3) is 0.286. The van der Waals surface area contributed by atoms with Crippen molar-refractivity contribution in [1.82, 2.24) is 0 Å². The molecule has 0 heterocycles. The van der Waals surface area contributed by atoms with Gasteiger partial charge in [0.25, 0.3) is 0 Å². The third-order valence-corrected chi connectivity index (χ3v) is 0.250. The molecular weight excluding hydrogens is 84.1 g/mol. The van der Waals surface area contributed by atoms with E-state index in [4.69, 9.17) is 0 Å². The monoisotopic (exact) mass is 94.1 g/mol. The molecule has 0 bridgehead atoms. The van der Waals surface area contributed by atoms with Crippen molar-refractivity contribution in [3.05, 3.63) is 18.9 Å². The maximum absolute atomic E-state index is 3.12. The molecule has 0 saturated heterocycles. The smallest absolute Gasteiger partial charge is 0.00271 e. The summed E-state index contributed by atoms with van der Waals surface area (Å²) >= 11 is 0. The lowest BCUT2D eigenvalue weighted by Gasteiger charge is -1.40. The van der Waals surface area contributed by atoms with Gasteiger partial charge in [-0.25, -0.2) is 0 Å². The van der Waals surface area contributed by atoms with E-state index in [1.807, 2.05) is 13.8 Å². The summed E-state index contributed by atoms with van der Waals surface area (Å²) in [5, 5.41) is 0. The minimum Gasteiger partial charge on any atom is -0.137 e. The molecule has 0 aromatic heterocycles. The first-order chi connectivity index (χ1) is 3.33. The van der Waals surface area contributed by atoms with E-state index in [-0.39, 0.29) is 0 Å². The zero-order valence-electron chi connectivity index (χ0n) is 4.91. The van der Waals surface area contributed by atoms with Crippen molar-refractivity contribution in [3.63, 3.8) is 0 Å². The quantitative estimate of drug-likeness (QED) is 0.318. The fourth-order valence-corrected chi connectivity index (χ4v) is 0. The van der Waals surface area contributed by atoms with Crippen molar-refractivity contribution in [3.8, 4) is 11.8 Å². The van der Waals surface area contributed by atoms with Gasteiger partial charge in [-0.3, -0.25) is 0 Å². The Morgan fingerprint density at radius 1 is 1.00 bits per heavy atom. The van der Waals surface area contributed by atoms with E-state index < -0.39 is 0 Å². The largest absolute Gasteiger partial charge is 0.137 e.